The van der Waals surface area contributed by atoms with Crippen molar-refractivity contribution in [3.05, 3.63) is 71.8 Å². The van der Waals surface area contributed by atoms with Crippen molar-refractivity contribution >= 4 is 23.7 Å². The number of nitrogens with zero attached hydrogens (tertiary/aromatic N) is 2. The summed E-state index contributed by atoms with van der Waals surface area (Å²) in [6.07, 6.45) is -5.08. The van der Waals surface area contributed by atoms with Crippen molar-refractivity contribution in [3.63, 3.8) is 0 Å². The van der Waals surface area contributed by atoms with Crippen LogP contribution in [0, 0.1) is 5.92 Å². The number of likely N-dealkylation sites (N-methyl/N-ethyl adjacent to an activating group) is 1. The van der Waals surface area contributed by atoms with E-state index in [4.69, 9.17) is 15.6 Å². The van der Waals surface area contributed by atoms with Gasteiger partial charge in [0.05, 0.1) is 12.1 Å². The molecule has 5 N–H and O–H groups in total. The van der Waals surface area contributed by atoms with E-state index in [1.165, 1.54) is 0 Å². The van der Waals surface area contributed by atoms with Crippen molar-refractivity contribution in [1.82, 2.24) is 20.4 Å². The molecule has 1 unspecified atom stereocenters. The summed E-state index contributed by atoms with van der Waals surface area (Å²) in [5.74, 6) is -3.78. The van der Waals surface area contributed by atoms with Crippen LogP contribution in [0.2, 0.25) is 0 Å². The summed E-state index contributed by atoms with van der Waals surface area (Å²) in [5.41, 5.74) is 7.65. The normalized spacial score (nSPS) is 17.0. The van der Waals surface area contributed by atoms with Gasteiger partial charge in [0.25, 0.3) is 0 Å². The molecular weight excluding hydrogens is 567 g/mol. The lowest BCUT2D eigenvalue weighted by molar-refractivity contribution is -0.192. The van der Waals surface area contributed by atoms with Gasteiger partial charge in [-0.15, -0.1) is 0 Å². The fraction of sp³-hybridized carbons (Fsp3) is 0.467. The van der Waals surface area contributed by atoms with Crippen LogP contribution in [0.5, 0.6) is 0 Å². The summed E-state index contributed by atoms with van der Waals surface area (Å²) in [4.78, 5) is 52.5. The second kappa shape index (κ2) is 16.0. The molecular formula is C30H40F3N5O5. The Kier molecular flexibility index (Phi) is 13.1. The fourth-order valence-corrected chi connectivity index (χ4v) is 4.48. The van der Waals surface area contributed by atoms with Gasteiger partial charge in [-0.25, -0.2) is 4.79 Å². The molecule has 2 aromatic rings. The van der Waals surface area contributed by atoms with E-state index >= 15 is 0 Å². The van der Waals surface area contributed by atoms with Crippen LogP contribution < -0.4 is 16.4 Å². The molecule has 236 valence electrons. The molecule has 1 heterocycles. The SMILES string of the molecule is CCN1CCN(C(=O)[C@@H](NC(=O)[C@H](C)N)C(C)C)C(C(=O)NC(c2ccccc2)c2ccccc2)C1.O=C(O)C(F)(F)F. The highest BCUT2D eigenvalue weighted by Gasteiger charge is 2.40. The number of carbonyl (C=O) groups excluding carboxylic acids is 3. The second-order valence-corrected chi connectivity index (χ2v) is 10.5. The molecule has 43 heavy (non-hydrogen) atoms. The second-order valence-electron chi connectivity index (χ2n) is 10.5. The number of halogens is 3. The molecule has 3 rings (SSSR count). The summed E-state index contributed by atoms with van der Waals surface area (Å²) < 4.78 is 31.7. The molecule has 1 saturated heterocycles. The maximum absolute atomic E-state index is 13.8. The van der Waals surface area contributed by atoms with Crippen LogP contribution in [0.1, 0.15) is 44.9 Å². The number of benzene rings is 2. The van der Waals surface area contributed by atoms with E-state index in [0.717, 1.165) is 17.7 Å². The number of hydrogen-bond donors (Lipinski definition) is 4. The zero-order chi connectivity index (χ0) is 32.3. The number of amides is 3. The molecule has 2 aromatic carbocycles. The molecule has 0 spiro atoms. The van der Waals surface area contributed by atoms with Crippen LogP contribution in [0.3, 0.4) is 0 Å². The van der Waals surface area contributed by atoms with E-state index in [0.29, 0.717) is 19.6 Å². The van der Waals surface area contributed by atoms with Gasteiger partial charge in [-0.3, -0.25) is 19.3 Å². The fourth-order valence-electron chi connectivity index (χ4n) is 4.48. The number of carboxylic acid groups (broad SMARTS) is 1. The number of hydrogen-bond acceptors (Lipinski definition) is 6. The van der Waals surface area contributed by atoms with Gasteiger partial charge >= 0.3 is 12.1 Å². The van der Waals surface area contributed by atoms with E-state index in [9.17, 15) is 27.6 Å². The third-order valence-electron chi connectivity index (χ3n) is 6.94. The van der Waals surface area contributed by atoms with Crippen molar-refractivity contribution in [2.24, 2.45) is 11.7 Å². The van der Waals surface area contributed by atoms with Crippen molar-refractivity contribution in [2.75, 3.05) is 26.2 Å². The summed E-state index contributed by atoms with van der Waals surface area (Å²) in [7, 11) is 0. The molecule has 1 aliphatic heterocycles. The van der Waals surface area contributed by atoms with Crippen molar-refractivity contribution in [1.29, 1.82) is 0 Å². The van der Waals surface area contributed by atoms with E-state index in [-0.39, 0.29) is 29.7 Å². The molecule has 0 bridgehead atoms. The standard InChI is InChI=1S/C28H39N5O3.C2HF3O2/c1-5-32-16-17-33(28(36)24(19(2)3)30-26(34)20(4)29)23(18-32)27(35)31-25(21-12-8-6-9-13-21)22-14-10-7-11-15-22;3-2(4,5)1(6)7/h6-15,19-20,23-25H,5,16-18,29H2,1-4H3,(H,30,34)(H,31,35);(H,6,7)/t20-,23?,24-;/m0./s1. The number of piperazine rings is 1. The molecule has 10 nitrogen and oxygen atoms in total. The Morgan fingerprint density at radius 1 is 0.930 bits per heavy atom. The lowest BCUT2D eigenvalue weighted by Crippen LogP contribution is -2.64. The molecule has 0 aromatic heterocycles. The van der Waals surface area contributed by atoms with Gasteiger partial charge in [-0.05, 0) is 30.5 Å². The number of alkyl halides is 3. The largest absolute Gasteiger partial charge is 0.490 e. The first-order valence-corrected chi connectivity index (χ1v) is 14.0. The van der Waals surface area contributed by atoms with Crippen molar-refractivity contribution < 1.29 is 37.5 Å². The Bertz CT molecular complexity index is 1170. The average Bonchev–Trinajstić information content (AvgIpc) is 2.98. The van der Waals surface area contributed by atoms with Gasteiger partial charge in [0, 0.05) is 19.6 Å². The number of nitrogens with one attached hydrogen (secondary N) is 2. The first-order valence-electron chi connectivity index (χ1n) is 14.0. The monoisotopic (exact) mass is 607 g/mol. The third-order valence-corrected chi connectivity index (χ3v) is 6.94. The molecule has 0 aliphatic carbocycles. The minimum absolute atomic E-state index is 0.158. The average molecular weight is 608 g/mol. The van der Waals surface area contributed by atoms with E-state index in [1.54, 1.807) is 11.8 Å². The van der Waals surface area contributed by atoms with Crippen LogP contribution in [-0.2, 0) is 19.2 Å². The molecule has 0 radical (unpaired) electrons. The van der Waals surface area contributed by atoms with Gasteiger partial charge in [-0.1, -0.05) is 81.4 Å². The lowest BCUT2D eigenvalue weighted by atomic mass is 9.97. The predicted octanol–water partition coefficient (Wildman–Crippen LogP) is 2.55. The van der Waals surface area contributed by atoms with E-state index in [2.05, 4.69) is 15.5 Å². The molecule has 3 amide bonds. The first-order chi connectivity index (χ1) is 20.2. The maximum Gasteiger partial charge on any atom is 0.490 e. The van der Waals surface area contributed by atoms with Gasteiger partial charge < -0.3 is 26.4 Å². The minimum atomic E-state index is -5.08. The molecule has 13 heteroatoms. The van der Waals surface area contributed by atoms with Gasteiger partial charge in [-0.2, -0.15) is 13.2 Å². The molecule has 0 saturated carbocycles. The van der Waals surface area contributed by atoms with Gasteiger partial charge in [0.15, 0.2) is 0 Å². The topological polar surface area (TPSA) is 145 Å². The lowest BCUT2D eigenvalue weighted by Gasteiger charge is -2.42. The Morgan fingerprint density at radius 2 is 1.42 bits per heavy atom. The highest BCUT2D eigenvalue weighted by atomic mass is 19.4. The minimum Gasteiger partial charge on any atom is -0.475 e. The Labute approximate surface area is 249 Å². The van der Waals surface area contributed by atoms with Crippen LogP contribution in [0.25, 0.3) is 0 Å². The third kappa shape index (κ3) is 10.4. The number of rotatable bonds is 9. The number of aliphatic carboxylic acids is 1. The molecule has 1 fully saturated rings. The number of carbonyl (C=O) groups is 4. The molecule has 3 atom stereocenters. The zero-order valence-electron chi connectivity index (χ0n) is 24.7. The van der Waals surface area contributed by atoms with Crippen molar-refractivity contribution in [3.8, 4) is 0 Å². The molecule has 1 aliphatic rings. The van der Waals surface area contributed by atoms with Crippen molar-refractivity contribution in [2.45, 2.75) is 58.0 Å². The van der Waals surface area contributed by atoms with Crippen LogP contribution >= 0.6 is 0 Å². The summed E-state index contributed by atoms with van der Waals surface area (Å²) in [5, 5.41) is 13.1. The first kappa shape index (κ1) is 35.2. The van der Waals surface area contributed by atoms with E-state index < -0.39 is 30.3 Å². The van der Waals surface area contributed by atoms with Crippen LogP contribution in [0.4, 0.5) is 13.2 Å². The Morgan fingerprint density at radius 3 is 1.81 bits per heavy atom. The van der Waals surface area contributed by atoms with Crippen LogP contribution in [0.15, 0.2) is 60.7 Å². The maximum atomic E-state index is 13.8. The predicted molar refractivity (Wildman–Crippen MR) is 155 cm³/mol. The van der Waals surface area contributed by atoms with Gasteiger partial charge in [0.2, 0.25) is 17.7 Å². The summed E-state index contributed by atoms with van der Waals surface area (Å²) >= 11 is 0. The Hall–Kier alpha value is -3.97. The highest BCUT2D eigenvalue weighted by molar-refractivity contribution is 5.93. The summed E-state index contributed by atoms with van der Waals surface area (Å²) in [6.45, 7) is 9.66. The zero-order valence-corrected chi connectivity index (χ0v) is 24.7. The Balaban J connectivity index is 0.000000821. The van der Waals surface area contributed by atoms with Gasteiger partial charge in [0.1, 0.15) is 12.1 Å². The highest BCUT2D eigenvalue weighted by Crippen LogP contribution is 2.23. The quantitative estimate of drug-likeness (QED) is 0.343. The smallest absolute Gasteiger partial charge is 0.475 e. The van der Waals surface area contributed by atoms with Crippen LogP contribution in [-0.4, -0.2) is 89.1 Å². The number of nitrogens with two attached hydrogens (primary N) is 1. The number of carboxylic acids is 1. The van der Waals surface area contributed by atoms with E-state index in [1.807, 2.05) is 81.4 Å². The summed E-state index contributed by atoms with van der Waals surface area (Å²) in [6, 6.07) is 17.1.